The van der Waals surface area contributed by atoms with Crippen LogP contribution in [0, 0.1) is 17.5 Å². The summed E-state index contributed by atoms with van der Waals surface area (Å²) in [5.41, 5.74) is -0.403. The lowest BCUT2D eigenvalue weighted by molar-refractivity contribution is -0.124. The number of methoxy groups -OCH3 is 1. The van der Waals surface area contributed by atoms with Gasteiger partial charge in [0, 0.05) is 37.8 Å². The first-order valence-corrected chi connectivity index (χ1v) is 5.49. The van der Waals surface area contributed by atoms with Crippen LogP contribution in [0.1, 0.15) is 12.0 Å². The van der Waals surface area contributed by atoms with Gasteiger partial charge in [0.25, 0.3) is 0 Å². The summed E-state index contributed by atoms with van der Waals surface area (Å²) in [6, 6.07) is 1.09. The van der Waals surface area contributed by atoms with E-state index in [9.17, 15) is 23.1 Å². The average molecular weight is 277 g/mol. The smallest absolute Gasteiger partial charge is 0.162 e. The fourth-order valence-electron chi connectivity index (χ4n) is 1.47. The number of ether oxygens (including phenoxy) is 1. The van der Waals surface area contributed by atoms with Gasteiger partial charge in [-0.3, -0.25) is 10.1 Å². The predicted octanol–water partition coefficient (Wildman–Crippen LogP) is 1.12. The van der Waals surface area contributed by atoms with Crippen molar-refractivity contribution < 1.29 is 27.8 Å². The number of carbonyl (C=O) groups is 1. The number of Topliss-reactive ketones (excluding diaryl/α,β-unsaturated/α-hetero) is 1. The SMILES string of the molecule is COCC(=O)CC(O)NCc1c(F)cc(F)cc1F. The standard InChI is InChI=1S/C12H14F3NO3/c1-19-6-8(17)4-12(18)16-5-9-10(14)2-7(13)3-11(9)15/h2-3,12,16,18H,4-6H2,1H3. The summed E-state index contributed by atoms with van der Waals surface area (Å²) in [5.74, 6) is -3.49. The fourth-order valence-corrected chi connectivity index (χ4v) is 1.47. The minimum atomic E-state index is -1.26. The minimum absolute atomic E-state index is 0.155. The van der Waals surface area contributed by atoms with Gasteiger partial charge in [0.2, 0.25) is 0 Å². The van der Waals surface area contributed by atoms with Crippen molar-refractivity contribution >= 4 is 5.78 Å². The molecule has 2 N–H and O–H groups in total. The third-order valence-electron chi connectivity index (χ3n) is 2.35. The van der Waals surface area contributed by atoms with Crippen molar-refractivity contribution in [3.63, 3.8) is 0 Å². The van der Waals surface area contributed by atoms with Gasteiger partial charge < -0.3 is 9.84 Å². The molecule has 0 bridgehead atoms. The molecule has 4 nitrogen and oxygen atoms in total. The molecular formula is C12H14F3NO3. The molecule has 0 heterocycles. The summed E-state index contributed by atoms with van der Waals surface area (Å²) in [6.07, 6.45) is -1.51. The van der Waals surface area contributed by atoms with Gasteiger partial charge in [0.15, 0.2) is 5.78 Å². The molecule has 0 radical (unpaired) electrons. The van der Waals surface area contributed by atoms with E-state index in [-0.39, 0.29) is 25.4 Å². The Morgan fingerprint density at radius 1 is 1.37 bits per heavy atom. The molecule has 1 aromatic rings. The van der Waals surface area contributed by atoms with Crippen LogP contribution in [0.2, 0.25) is 0 Å². The van der Waals surface area contributed by atoms with Crippen LogP contribution >= 0.6 is 0 Å². The van der Waals surface area contributed by atoms with Gasteiger partial charge in [-0.2, -0.15) is 0 Å². The first kappa shape index (κ1) is 15.6. The fraction of sp³-hybridized carbons (Fsp3) is 0.417. The van der Waals surface area contributed by atoms with Gasteiger partial charge in [-0.25, -0.2) is 13.2 Å². The second-order valence-electron chi connectivity index (χ2n) is 3.92. The molecule has 0 saturated heterocycles. The molecule has 7 heteroatoms. The van der Waals surface area contributed by atoms with E-state index in [1.807, 2.05) is 0 Å². The summed E-state index contributed by atoms with van der Waals surface area (Å²) >= 11 is 0. The van der Waals surface area contributed by atoms with Gasteiger partial charge in [-0.15, -0.1) is 0 Å². The zero-order valence-electron chi connectivity index (χ0n) is 10.3. The Morgan fingerprint density at radius 2 is 1.95 bits per heavy atom. The molecule has 1 rings (SSSR count). The molecule has 0 saturated carbocycles. The van der Waals surface area contributed by atoms with Crippen molar-refractivity contribution in [2.24, 2.45) is 0 Å². The number of carbonyl (C=O) groups excluding carboxylic acids is 1. The maximum Gasteiger partial charge on any atom is 0.162 e. The van der Waals surface area contributed by atoms with E-state index in [0.717, 1.165) is 0 Å². The van der Waals surface area contributed by atoms with Crippen LogP contribution in [0.3, 0.4) is 0 Å². The summed E-state index contributed by atoms with van der Waals surface area (Å²) in [5, 5.41) is 11.8. The third-order valence-corrected chi connectivity index (χ3v) is 2.35. The first-order chi connectivity index (χ1) is 8.93. The van der Waals surface area contributed by atoms with Gasteiger partial charge in [0.05, 0.1) is 0 Å². The number of hydrogen-bond acceptors (Lipinski definition) is 4. The van der Waals surface area contributed by atoms with E-state index < -0.39 is 29.2 Å². The number of halogens is 3. The Hall–Kier alpha value is -1.44. The second kappa shape index (κ2) is 7.22. The Balaban J connectivity index is 2.55. The highest BCUT2D eigenvalue weighted by Crippen LogP contribution is 2.14. The number of benzene rings is 1. The van der Waals surface area contributed by atoms with Crippen LogP contribution in [0.4, 0.5) is 13.2 Å². The molecule has 1 unspecified atom stereocenters. The van der Waals surface area contributed by atoms with Crippen molar-refractivity contribution in [1.82, 2.24) is 5.32 Å². The molecule has 0 amide bonds. The largest absolute Gasteiger partial charge is 0.378 e. The molecule has 1 aromatic carbocycles. The highest BCUT2D eigenvalue weighted by molar-refractivity contribution is 5.80. The van der Waals surface area contributed by atoms with Crippen molar-refractivity contribution in [1.29, 1.82) is 0 Å². The lowest BCUT2D eigenvalue weighted by atomic mass is 10.2. The van der Waals surface area contributed by atoms with E-state index >= 15 is 0 Å². The van der Waals surface area contributed by atoms with Crippen LogP contribution in [-0.2, 0) is 16.1 Å². The molecule has 0 aromatic heterocycles. The summed E-state index contributed by atoms with van der Waals surface area (Å²) in [4.78, 5) is 11.1. The van der Waals surface area contributed by atoms with E-state index in [2.05, 4.69) is 10.1 Å². The number of aliphatic hydroxyl groups is 1. The molecule has 19 heavy (non-hydrogen) atoms. The van der Waals surface area contributed by atoms with Gasteiger partial charge in [0.1, 0.15) is 30.3 Å². The monoisotopic (exact) mass is 277 g/mol. The Morgan fingerprint density at radius 3 is 2.47 bits per heavy atom. The quantitative estimate of drug-likeness (QED) is 0.733. The molecule has 0 aliphatic rings. The van der Waals surface area contributed by atoms with Gasteiger partial charge in [-0.1, -0.05) is 0 Å². The summed E-state index contributed by atoms with van der Waals surface area (Å²) in [6.45, 7) is -0.516. The van der Waals surface area contributed by atoms with Gasteiger partial charge in [-0.05, 0) is 0 Å². The van der Waals surface area contributed by atoms with E-state index in [4.69, 9.17) is 0 Å². The van der Waals surface area contributed by atoms with Crippen LogP contribution in [0.25, 0.3) is 0 Å². The topological polar surface area (TPSA) is 58.6 Å². The highest BCUT2D eigenvalue weighted by atomic mass is 19.1. The third kappa shape index (κ3) is 4.98. The van der Waals surface area contributed by atoms with Crippen LogP contribution in [0.5, 0.6) is 0 Å². The second-order valence-corrected chi connectivity index (χ2v) is 3.92. The number of nitrogens with one attached hydrogen (secondary N) is 1. The van der Waals surface area contributed by atoms with Crippen LogP contribution in [0.15, 0.2) is 12.1 Å². The van der Waals surface area contributed by atoms with Crippen molar-refractivity contribution in [3.05, 3.63) is 35.1 Å². The van der Waals surface area contributed by atoms with Gasteiger partial charge >= 0.3 is 0 Å². The maximum absolute atomic E-state index is 13.3. The molecule has 0 spiro atoms. The Bertz CT molecular complexity index is 431. The van der Waals surface area contributed by atoms with E-state index in [1.54, 1.807) is 0 Å². The molecule has 106 valence electrons. The highest BCUT2D eigenvalue weighted by Gasteiger charge is 2.14. The Labute approximate surface area is 108 Å². The number of hydrogen-bond donors (Lipinski definition) is 2. The average Bonchev–Trinajstić information content (AvgIpc) is 2.27. The summed E-state index contributed by atoms with van der Waals surface area (Å²) in [7, 11) is 1.33. The van der Waals surface area contributed by atoms with Crippen molar-refractivity contribution in [3.8, 4) is 0 Å². The Kier molecular flexibility index (Phi) is 5.94. The number of rotatable bonds is 7. The molecule has 1 atom stereocenters. The maximum atomic E-state index is 13.3. The molecule has 0 aliphatic heterocycles. The zero-order chi connectivity index (χ0) is 14.4. The molecular weight excluding hydrogens is 263 g/mol. The lowest BCUT2D eigenvalue weighted by Crippen LogP contribution is -2.32. The molecule has 0 aliphatic carbocycles. The predicted molar refractivity (Wildman–Crippen MR) is 60.7 cm³/mol. The van der Waals surface area contributed by atoms with Crippen LogP contribution in [-0.4, -0.2) is 30.8 Å². The van der Waals surface area contributed by atoms with E-state index in [1.165, 1.54) is 7.11 Å². The minimum Gasteiger partial charge on any atom is -0.378 e. The first-order valence-electron chi connectivity index (χ1n) is 5.49. The number of ketones is 1. The normalized spacial score (nSPS) is 12.5. The number of aliphatic hydroxyl groups excluding tert-OH is 1. The van der Waals surface area contributed by atoms with E-state index in [0.29, 0.717) is 12.1 Å². The summed E-state index contributed by atoms with van der Waals surface area (Å²) < 4.78 is 43.7. The zero-order valence-corrected chi connectivity index (χ0v) is 10.3. The lowest BCUT2D eigenvalue weighted by Gasteiger charge is -2.13. The van der Waals surface area contributed by atoms with Crippen molar-refractivity contribution in [2.75, 3.05) is 13.7 Å². The molecule has 0 fully saturated rings. The van der Waals surface area contributed by atoms with Crippen LogP contribution < -0.4 is 5.32 Å². The van der Waals surface area contributed by atoms with Crippen molar-refractivity contribution in [2.45, 2.75) is 19.2 Å².